The number of amides is 4. The Labute approximate surface area is 337 Å². The van der Waals surface area contributed by atoms with Crippen LogP contribution in [0.15, 0.2) is 73.1 Å². The second-order valence-electron chi connectivity index (χ2n) is 16.0. The van der Waals surface area contributed by atoms with E-state index < -0.39 is 24.3 Å². The maximum Gasteiger partial charge on any atom is 0.407 e. The summed E-state index contributed by atoms with van der Waals surface area (Å²) in [7, 11) is 2.58. The molecule has 4 N–H and O–H groups in total. The number of imidazole rings is 2. The summed E-state index contributed by atoms with van der Waals surface area (Å²) >= 11 is 0. The second-order valence-corrected chi connectivity index (χ2v) is 16.0. The molecule has 2 bridgehead atoms. The highest BCUT2D eigenvalue weighted by atomic mass is 16.5. The van der Waals surface area contributed by atoms with E-state index in [1.54, 1.807) is 6.92 Å². The number of piperidine rings is 1. The molecule has 5 aromatic rings. The minimum Gasteiger partial charge on any atom is -0.453 e. The van der Waals surface area contributed by atoms with Crippen LogP contribution in [0.3, 0.4) is 0 Å². The molecule has 2 saturated heterocycles. The number of carbonyl (C=O) groups excluding carboxylic acids is 4. The van der Waals surface area contributed by atoms with Crippen LogP contribution in [0.1, 0.15) is 76.6 Å². The lowest BCUT2D eigenvalue weighted by atomic mass is 9.97. The number of nitrogens with one attached hydrogen (secondary N) is 4. The van der Waals surface area contributed by atoms with Crippen molar-refractivity contribution < 1.29 is 28.7 Å². The lowest BCUT2D eigenvalue weighted by Gasteiger charge is -2.36. The van der Waals surface area contributed by atoms with E-state index in [1.165, 1.54) is 14.2 Å². The molecule has 3 fully saturated rings. The van der Waals surface area contributed by atoms with Crippen LogP contribution >= 0.6 is 0 Å². The van der Waals surface area contributed by atoms with Gasteiger partial charge in [0.2, 0.25) is 11.8 Å². The number of hydrogen-bond donors (Lipinski definition) is 4. The van der Waals surface area contributed by atoms with Gasteiger partial charge >= 0.3 is 12.2 Å². The third kappa shape index (κ3) is 7.38. The van der Waals surface area contributed by atoms with Gasteiger partial charge in [0.15, 0.2) is 0 Å². The Morgan fingerprint density at radius 3 is 2.03 bits per heavy atom. The second kappa shape index (κ2) is 16.0. The van der Waals surface area contributed by atoms with Gasteiger partial charge in [-0.1, -0.05) is 62.4 Å². The van der Waals surface area contributed by atoms with Gasteiger partial charge in [-0.3, -0.25) is 9.59 Å². The van der Waals surface area contributed by atoms with Gasteiger partial charge in [-0.25, -0.2) is 19.6 Å². The van der Waals surface area contributed by atoms with Crippen molar-refractivity contribution in [2.45, 2.75) is 83.1 Å². The lowest BCUT2D eigenvalue weighted by molar-refractivity contribution is -0.138. The van der Waals surface area contributed by atoms with Crippen molar-refractivity contribution >= 4 is 34.8 Å². The van der Waals surface area contributed by atoms with Gasteiger partial charge in [-0.05, 0) is 90.5 Å². The van der Waals surface area contributed by atoms with Crippen LogP contribution in [0.2, 0.25) is 0 Å². The number of benzene rings is 3. The van der Waals surface area contributed by atoms with E-state index >= 15 is 0 Å². The Morgan fingerprint density at radius 1 is 0.724 bits per heavy atom. The van der Waals surface area contributed by atoms with Crippen LogP contribution in [-0.4, -0.2) is 92.6 Å². The van der Waals surface area contributed by atoms with E-state index in [2.05, 4.69) is 81.3 Å². The fraction of sp³-hybridized carbons (Fsp3) is 0.409. The predicted molar refractivity (Wildman–Crippen MR) is 218 cm³/mol. The molecule has 14 heteroatoms. The van der Waals surface area contributed by atoms with Crippen LogP contribution in [0.4, 0.5) is 9.59 Å². The number of hydrogen-bond acceptors (Lipinski definition) is 8. The number of nitrogens with zero attached hydrogens (tertiary/aromatic N) is 4. The number of alkyl carbamates (subject to hydrolysis) is 2. The maximum absolute atomic E-state index is 13.6. The third-order valence-electron chi connectivity index (χ3n) is 12.1. The van der Waals surface area contributed by atoms with Gasteiger partial charge in [-0.15, -0.1) is 0 Å². The van der Waals surface area contributed by atoms with Gasteiger partial charge in [0, 0.05) is 18.2 Å². The number of carbonyl (C=O) groups is 4. The average molecular weight is 787 g/mol. The van der Waals surface area contributed by atoms with Gasteiger partial charge in [0.25, 0.3) is 0 Å². The molecule has 58 heavy (non-hydrogen) atoms. The van der Waals surface area contributed by atoms with Crippen LogP contribution in [0, 0.1) is 11.8 Å². The minimum atomic E-state index is -0.701. The number of fused-ring (bicyclic) bond motifs is 3. The Balaban J connectivity index is 0.949. The van der Waals surface area contributed by atoms with Crippen LogP contribution < -0.4 is 10.6 Å². The molecule has 6 atom stereocenters. The molecule has 302 valence electrons. The standard InChI is InChI=1S/C44H50N8O6/c1-24(2)37(50-44(56)58-5)42(54)51-18-6-7-36(51)39-45-22-34(48-39)27-10-8-26(9-11-27)28-12-13-30-20-31(15-14-29(30)19-28)35-23-46-40(49-35)38-32-16-17-33(21-32)52(38)41(53)25(3)47-43(55)57-4/h8-15,19-20,22-25,32-33,36-38H,6-7,16-18,21H2,1-5H3,(H,45,48)(H,46,49)(H,47,55)(H,50,56)/t25-,32+,33+,36-,37-,38-/m0/s1. The first-order valence-electron chi connectivity index (χ1n) is 20.1. The molecule has 1 saturated carbocycles. The Morgan fingerprint density at radius 2 is 1.33 bits per heavy atom. The number of ether oxygens (including phenoxy) is 2. The fourth-order valence-corrected chi connectivity index (χ4v) is 9.09. The van der Waals surface area contributed by atoms with Gasteiger partial charge < -0.3 is 39.9 Å². The van der Waals surface area contributed by atoms with Crippen molar-refractivity contribution in [2.24, 2.45) is 11.8 Å². The molecule has 14 nitrogen and oxygen atoms in total. The highest BCUT2D eigenvalue weighted by Crippen LogP contribution is 2.50. The largest absolute Gasteiger partial charge is 0.453 e. The minimum absolute atomic E-state index is 0.103. The molecule has 0 spiro atoms. The summed E-state index contributed by atoms with van der Waals surface area (Å²) in [5.41, 5.74) is 5.92. The summed E-state index contributed by atoms with van der Waals surface area (Å²) in [5, 5.41) is 7.53. The quantitative estimate of drug-likeness (QED) is 0.116. The summed E-state index contributed by atoms with van der Waals surface area (Å²) in [6.07, 6.45) is 6.98. The van der Waals surface area contributed by atoms with Crippen molar-refractivity contribution in [1.82, 2.24) is 40.4 Å². The van der Waals surface area contributed by atoms with Crippen molar-refractivity contribution in [1.29, 1.82) is 0 Å². The Kier molecular flexibility index (Phi) is 10.7. The first kappa shape index (κ1) is 38.7. The number of rotatable bonds is 10. The monoisotopic (exact) mass is 786 g/mol. The van der Waals surface area contributed by atoms with E-state index in [9.17, 15) is 19.2 Å². The zero-order chi connectivity index (χ0) is 40.7. The van der Waals surface area contributed by atoms with Gasteiger partial charge in [0.05, 0.1) is 50.1 Å². The maximum atomic E-state index is 13.6. The SMILES string of the molecule is COC(=O)N[C@@H](C)C(=O)N1[C@@H]2CC[C@H](C2)[C@H]1c1ncc(-c2ccc3cc(-c4ccc(-c5cnc([C@@H]6CCCN6C(=O)[C@@H](NC(=O)OC)C(C)C)[nH]5)cc4)ccc3c2)[nH]1. The summed E-state index contributed by atoms with van der Waals surface area (Å²) in [5.74, 6) is 1.46. The predicted octanol–water partition coefficient (Wildman–Crippen LogP) is 7.13. The van der Waals surface area contributed by atoms with E-state index in [0.29, 0.717) is 12.5 Å². The topological polar surface area (TPSA) is 175 Å². The van der Waals surface area contributed by atoms with E-state index in [0.717, 1.165) is 88.2 Å². The molecule has 4 amide bonds. The average Bonchev–Trinajstić information content (AvgIpc) is 4.10. The molecule has 0 unspecified atom stereocenters. The van der Waals surface area contributed by atoms with Crippen molar-refractivity contribution in [3.63, 3.8) is 0 Å². The van der Waals surface area contributed by atoms with Gasteiger partial charge in [-0.2, -0.15) is 0 Å². The Bertz CT molecular complexity index is 2340. The van der Waals surface area contributed by atoms with Crippen LogP contribution in [0.25, 0.3) is 44.4 Å². The molecule has 2 aromatic heterocycles. The zero-order valence-electron chi connectivity index (χ0n) is 33.5. The van der Waals surface area contributed by atoms with Crippen molar-refractivity contribution in [2.75, 3.05) is 20.8 Å². The van der Waals surface area contributed by atoms with Crippen LogP contribution in [-0.2, 0) is 19.1 Å². The molecule has 2 aliphatic heterocycles. The van der Waals surface area contributed by atoms with E-state index in [1.807, 2.05) is 36.0 Å². The first-order chi connectivity index (χ1) is 28.0. The molecular weight excluding hydrogens is 737 g/mol. The molecule has 4 heterocycles. The number of likely N-dealkylation sites (tertiary alicyclic amines) is 2. The highest BCUT2D eigenvalue weighted by Gasteiger charge is 2.50. The molecule has 1 aliphatic carbocycles. The summed E-state index contributed by atoms with van der Waals surface area (Å²) in [6.45, 7) is 6.10. The summed E-state index contributed by atoms with van der Waals surface area (Å²) in [4.78, 5) is 71.1. The highest BCUT2D eigenvalue weighted by molar-refractivity contribution is 5.91. The van der Waals surface area contributed by atoms with Crippen molar-refractivity contribution in [3.8, 4) is 33.6 Å². The summed E-state index contributed by atoms with van der Waals surface area (Å²) in [6, 6.07) is 19.5. The first-order valence-corrected chi connectivity index (χ1v) is 20.1. The normalized spacial score (nSPS) is 21.0. The molecule has 0 radical (unpaired) electrons. The third-order valence-corrected chi connectivity index (χ3v) is 12.1. The molecule has 3 aromatic carbocycles. The number of methoxy groups -OCH3 is 2. The molecule has 8 rings (SSSR count). The van der Waals surface area contributed by atoms with E-state index in [-0.39, 0.29) is 35.9 Å². The number of aromatic nitrogens is 4. The molecule has 3 aliphatic rings. The zero-order valence-corrected chi connectivity index (χ0v) is 33.5. The number of aromatic amines is 2. The summed E-state index contributed by atoms with van der Waals surface area (Å²) < 4.78 is 9.48. The Hall–Kier alpha value is -6.18. The van der Waals surface area contributed by atoms with Crippen LogP contribution in [0.5, 0.6) is 0 Å². The lowest BCUT2D eigenvalue weighted by Crippen LogP contribution is -2.51. The van der Waals surface area contributed by atoms with E-state index in [4.69, 9.17) is 19.4 Å². The molecular formula is C44H50N8O6. The fourth-order valence-electron chi connectivity index (χ4n) is 9.09. The van der Waals surface area contributed by atoms with Crippen molar-refractivity contribution in [3.05, 3.63) is 84.7 Å². The van der Waals surface area contributed by atoms with Gasteiger partial charge in [0.1, 0.15) is 23.7 Å². The smallest absolute Gasteiger partial charge is 0.407 e. The number of H-pyrrole nitrogens is 2.